The zero-order valence-corrected chi connectivity index (χ0v) is 26.6. The molecular formula is C34H40O14. The van der Waals surface area contributed by atoms with E-state index in [0.29, 0.717) is 35.7 Å². The van der Waals surface area contributed by atoms with Crippen LogP contribution in [0.15, 0.2) is 48.5 Å². The minimum atomic E-state index is -1.72. The van der Waals surface area contributed by atoms with E-state index >= 15 is 0 Å². The van der Waals surface area contributed by atoms with Crippen LogP contribution in [0.25, 0.3) is 0 Å². The van der Waals surface area contributed by atoms with E-state index in [9.17, 15) is 35.4 Å². The number of hydrogen-bond acceptors (Lipinski definition) is 14. The topological polar surface area (TPSA) is 203 Å². The van der Waals surface area contributed by atoms with Crippen LogP contribution in [0.2, 0.25) is 0 Å². The number of carbonyl (C=O) groups excluding carboxylic acids is 1. The number of benzene rings is 3. The van der Waals surface area contributed by atoms with E-state index in [1.165, 1.54) is 45.6 Å². The molecule has 0 radical (unpaired) electrons. The van der Waals surface area contributed by atoms with Gasteiger partial charge in [0.05, 0.1) is 39.4 Å². The Kier molecular flexibility index (Phi) is 11.1. The SMILES string of the molecule is COc1cc(OC2OC(COC(=O)c3ccc(O)c(OC)c3)C(O)C(O)C2O)cc(C2Oc3c(OC)cc(CCCO)cc3C2CO)c1. The van der Waals surface area contributed by atoms with Gasteiger partial charge in [-0.25, -0.2) is 4.79 Å². The fourth-order valence-electron chi connectivity index (χ4n) is 5.81. The third-order valence-corrected chi connectivity index (χ3v) is 8.37. The van der Waals surface area contributed by atoms with Gasteiger partial charge in [0.15, 0.2) is 23.0 Å². The van der Waals surface area contributed by atoms with Crippen LogP contribution >= 0.6 is 0 Å². The molecule has 5 rings (SSSR count). The molecule has 0 spiro atoms. The average Bonchev–Trinajstić information content (AvgIpc) is 3.48. The van der Waals surface area contributed by atoms with Crippen molar-refractivity contribution in [1.82, 2.24) is 0 Å². The summed E-state index contributed by atoms with van der Waals surface area (Å²) in [7, 11) is 4.30. The van der Waals surface area contributed by atoms with Crippen LogP contribution in [0.3, 0.4) is 0 Å². The number of aryl methyl sites for hydroxylation is 1. The summed E-state index contributed by atoms with van der Waals surface area (Å²) in [6, 6.07) is 12.5. The van der Waals surface area contributed by atoms with E-state index in [4.69, 9.17) is 33.2 Å². The summed E-state index contributed by atoms with van der Waals surface area (Å²) in [5.74, 6) is 0.0518. The van der Waals surface area contributed by atoms with Gasteiger partial charge in [-0.05, 0) is 54.8 Å². The highest BCUT2D eigenvalue weighted by molar-refractivity contribution is 5.90. The highest BCUT2D eigenvalue weighted by atomic mass is 16.7. The molecule has 2 heterocycles. The zero-order chi connectivity index (χ0) is 34.5. The normalized spacial score (nSPS) is 24.7. The molecule has 6 N–H and O–H groups in total. The van der Waals surface area contributed by atoms with Crippen LogP contribution in [-0.4, -0.2) is 108 Å². The first-order valence-electron chi connectivity index (χ1n) is 15.3. The first kappa shape index (κ1) is 35.0. The van der Waals surface area contributed by atoms with Crippen LogP contribution in [0.4, 0.5) is 0 Å². The molecule has 7 atom stereocenters. The van der Waals surface area contributed by atoms with E-state index < -0.39 is 55.3 Å². The molecule has 14 nitrogen and oxygen atoms in total. The summed E-state index contributed by atoms with van der Waals surface area (Å²) in [6.07, 6.45) is -7.37. The number of methoxy groups -OCH3 is 3. The number of fused-ring (bicyclic) bond motifs is 1. The van der Waals surface area contributed by atoms with Crippen LogP contribution in [-0.2, 0) is 15.9 Å². The molecule has 48 heavy (non-hydrogen) atoms. The van der Waals surface area contributed by atoms with Crippen molar-refractivity contribution in [3.8, 4) is 34.5 Å². The Bertz CT molecular complexity index is 1580. The molecule has 2 aliphatic heterocycles. The largest absolute Gasteiger partial charge is 0.504 e. The third kappa shape index (κ3) is 7.23. The standard InChI is InChI=1S/C34H40O14/c1-42-20-11-19(31-23(15-36)22-9-17(5-4-8-35)10-26(44-3)32(22)48-31)12-21(14-20)46-34-30(40)29(39)28(38)27(47-34)16-45-33(41)18-6-7-24(37)25(13-18)43-2/h6-7,9-14,23,27-31,34-40H,4-5,8,15-16H2,1-3H3. The Morgan fingerprint density at radius 1 is 0.854 bits per heavy atom. The molecule has 0 saturated carbocycles. The van der Waals surface area contributed by atoms with E-state index in [1.54, 1.807) is 12.1 Å². The minimum Gasteiger partial charge on any atom is -0.504 e. The van der Waals surface area contributed by atoms with Crippen molar-refractivity contribution in [1.29, 1.82) is 0 Å². The van der Waals surface area contributed by atoms with Crippen LogP contribution in [0.5, 0.6) is 34.5 Å². The van der Waals surface area contributed by atoms with Crippen molar-refractivity contribution >= 4 is 5.97 Å². The number of hydrogen-bond donors (Lipinski definition) is 6. The maximum Gasteiger partial charge on any atom is 0.338 e. The van der Waals surface area contributed by atoms with Gasteiger partial charge in [-0.2, -0.15) is 0 Å². The predicted octanol–water partition coefficient (Wildman–Crippen LogP) is 1.60. The lowest BCUT2D eigenvalue weighted by Gasteiger charge is -2.40. The molecule has 1 saturated heterocycles. The second kappa shape index (κ2) is 15.3. The van der Waals surface area contributed by atoms with Gasteiger partial charge in [-0.1, -0.05) is 6.07 Å². The maximum absolute atomic E-state index is 12.7. The Hall–Kier alpha value is -4.31. The quantitative estimate of drug-likeness (QED) is 0.143. The van der Waals surface area contributed by atoms with Gasteiger partial charge in [0.25, 0.3) is 0 Å². The number of esters is 1. The molecule has 0 amide bonds. The number of rotatable bonds is 13. The van der Waals surface area contributed by atoms with E-state index in [2.05, 4.69) is 0 Å². The van der Waals surface area contributed by atoms with Crippen molar-refractivity contribution in [2.24, 2.45) is 0 Å². The number of aliphatic hydroxyl groups excluding tert-OH is 5. The van der Waals surface area contributed by atoms with Crippen molar-refractivity contribution < 1.29 is 68.6 Å². The minimum absolute atomic E-state index is 0.0330. The number of ether oxygens (including phenoxy) is 7. The van der Waals surface area contributed by atoms with Gasteiger partial charge in [0, 0.05) is 23.8 Å². The Morgan fingerprint density at radius 2 is 1.60 bits per heavy atom. The fourth-order valence-corrected chi connectivity index (χ4v) is 5.81. The van der Waals surface area contributed by atoms with Gasteiger partial charge in [-0.15, -0.1) is 0 Å². The van der Waals surface area contributed by atoms with Crippen molar-refractivity contribution in [3.63, 3.8) is 0 Å². The lowest BCUT2D eigenvalue weighted by molar-refractivity contribution is -0.277. The van der Waals surface area contributed by atoms with Gasteiger partial charge >= 0.3 is 5.97 Å². The van der Waals surface area contributed by atoms with Crippen molar-refractivity contribution in [3.05, 3.63) is 70.8 Å². The summed E-state index contributed by atoms with van der Waals surface area (Å²) < 4.78 is 39.5. The zero-order valence-electron chi connectivity index (χ0n) is 26.6. The fraction of sp³-hybridized carbons (Fsp3) is 0.441. The molecule has 0 aliphatic carbocycles. The summed E-state index contributed by atoms with van der Waals surface area (Å²) in [5.41, 5.74) is 2.28. The Balaban J connectivity index is 1.35. The summed E-state index contributed by atoms with van der Waals surface area (Å²) in [4.78, 5) is 12.7. The van der Waals surface area contributed by atoms with Gasteiger partial charge in [0.1, 0.15) is 48.6 Å². The molecule has 260 valence electrons. The van der Waals surface area contributed by atoms with Crippen LogP contribution in [0.1, 0.15) is 45.5 Å². The van der Waals surface area contributed by atoms with Crippen LogP contribution in [0, 0.1) is 0 Å². The highest BCUT2D eigenvalue weighted by Gasteiger charge is 2.46. The molecule has 3 aromatic rings. The van der Waals surface area contributed by atoms with Crippen molar-refractivity contribution in [2.45, 2.75) is 55.6 Å². The molecule has 7 unspecified atom stereocenters. The second-order valence-electron chi connectivity index (χ2n) is 11.4. The Labute approximate surface area is 276 Å². The lowest BCUT2D eigenvalue weighted by Crippen LogP contribution is -2.60. The first-order valence-corrected chi connectivity index (χ1v) is 15.3. The van der Waals surface area contributed by atoms with Crippen LogP contribution < -0.4 is 23.7 Å². The molecule has 0 aromatic heterocycles. The number of phenolic OH excluding ortho intramolecular Hbond substituents is 1. The maximum atomic E-state index is 12.7. The third-order valence-electron chi connectivity index (χ3n) is 8.37. The molecule has 2 aliphatic rings. The van der Waals surface area contributed by atoms with Gasteiger partial charge in [0.2, 0.25) is 6.29 Å². The van der Waals surface area contributed by atoms with Gasteiger partial charge < -0.3 is 63.8 Å². The highest BCUT2D eigenvalue weighted by Crippen LogP contribution is 2.51. The summed E-state index contributed by atoms with van der Waals surface area (Å²) in [6.45, 7) is -0.737. The van der Waals surface area contributed by atoms with Gasteiger partial charge in [-0.3, -0.25) is 0 Å². The summed E-state index contributed by atoms with van der Waals surface area (Å²) >= 11 is 0. The Morgan fingerprint density at radius 3 is 2.29 bits per heavy atom. The number of phenols is 1. The molecular weight excluding hydrogens is 632 g/mol. The van der Waals surface area contributed by atoms with E-state index in [1.807, 2.05) is 12.1 Å². The van der Waals surface area contributed by atoms with E-state index in [-0.39, 0.29) is 36.0 Å². The first-order chi connectivity index (χ1) is 23.1. The molecule has 3 aromatic carbocycles. The lowest BCUT2D eigenvalue weighted by atomic mass is 9.90. The van der Waals surface area contributed by atoms with E-state index in [0.717, 1.165) is 11.1 Å². The molecule has 14 heteroatoms. The average molecular weight is 673 g/mol. The number of carbonyl (C=O) groups is 1. The predicted molar refractivity (Wildman–Crippen MR) is 167 cm³/mol. The monoisotopic (exact) mass is 672 g/mol. The molecule has 0 bridgehead atoms. The number of aliphatic hydroxyl groups is 5. The van der Waals surface area contributed by atoms with Crippen molar-refractivity contribution in [2.75, 3.05) is 41.2 Å². The summed E-state index contributed by atoms with van der Waals surface area (Å²) in [5, 5.41) is 61.5. The second-order valence-corrected chi connectivity index (χ2v) is 11.4. The molecule has 1 fully saturated rings. The smallest absolute Gasteiger partial charge is 0.338 e. The number of aromatic hydroxyl groups is 1.